The van der Waals surface area contributed by atoms with Crippen molar-refractivity contribution in [2.24, 2.45) is 5.92 Å². The second-order valence-corrected chi connectivity index (χ2v) is 8.15. The van der Waals surface area contributed by atoms with Crippen molar-refractivity contribution in [2.45, 2.75) is 25.4 Å². The summed E-state index contributed by atoms with van der Waals surface area (Å²) in [6, 6.07) is 26.6. The lowest BCUT2D eigenvalue weighted by atomic mass is 9.80. The van der Waals surface area contributed by atoms with Gasteiger partial charge in [-0.1, -0.05) is 71.9 Å². The predicted molar refractivity (Wildman–Crippen MR) is 122 cm³/mol. The Kier molecular flexibility index (Phi) is 5.52. The number of aliphatic carboxylic acids is 1. The Hall–Kier alpha value is -3.77. The molecule has 0 bridgehead atoms. The van der Waals surface area contributed by atoms with E-state index in [0.29, 0.717) is 31.1 Å². The molecule has 1 heterocycles. The third-order valence-corrected chi connectivity index (χ3v) is 5.96. The van der Waals surface area contributed by atoms with Crippen molar-refractivity contribution >= 4 is 5.97 Å². The van der Waals surface area contributed by atoms with Crippen LogP contribution in [-0.2, 0) is 11.3 Å². The van der Waals surface area contributed by atoms with Gasteiger partial charge in [-0.3, -0.25) is 4.79 Å². The topological polar surface area (TPSA) is 88.2 Å². The van der Waals surface area contributed by atoms with Gasteiger partial charge in [-0.2, -0.15) is 4.98 Å². The van der Waals surface area contributed by atoms with E-state index in [9.17, 15) is 4.79 Å². The average Bonchev–Trinajstić information content (AvgIpc) is 3.29. The lowest BCUT2D eigenvalue weighted by molar-refractivity contribution is -0.145. The number of carbonyl (C=O) groups is 1. The first-order valence-electron chi connectivity index (χ1n) is 10.7. The number of nitrogens with zero attached hydrogens (tertiary/aromatic N) is 2. The highest BCUT2D eigenvalue weighted by Crippen LogP contribution is 2.28. The molecule has 1 saturated carbocycles. The van der Waals surface area contributed by atoms with E-state index < -0.39 is 5.97 Å². The number of carboxylic acid groups (broad SMARTS) is 1. The highest BCUT2D eigenvalue weighted by Gasteiger charge is 2.33. The second-order valence-electron chi connectivity index (χ2n) is 8.15. The summed E-state index contributed by atoms with van der Waals surface area (Å²) < 4.78 is 5.49. The average molecular weight is 425 g/mol. The fraction of sp³-hybridized carbons (Fsp3) is 0.192. The van der Waals surface area contributed by atoms with Crippen LogP contribution in [0.5, 0.6) is 0 Å². The molecule has 0 atom stereocenters. The van der Waals surface area contributed by atoms with Gasteiger partial charge in [-0.25, -0.2) is 0 Å². The van der Waals surface area contributed by atoms with Crippen LogP contribution in [0.2, 0.25) is 0 Å². The third kappa shape index (κ3) is 4.31. The van der Waals surface area contributed by atoms with Crippen LogP contribution in [0.25, 0.3) is 34.0 Å². The molecule has 1 aliphatic rings. The van der Waals surface area contributed by atoms with Crippen molar-refractivity contribution in [3.63, 3.8) is 0 Å². The van der Waals surface area contributed by atoms with Crippen LogP contribution < -0.4 is 5.32 Å². The van der Waals surface area contributed by atoms with E-state index in [4.69, 9.17) is 9.63 Å². The number of nitrogens with one attached hydrogen (secondary N) is 1. The fourth-order valence-electron chi connectivity index (χ4n) is 3.91. The molecule has 6 nitrogen and oxygen atoms in total. The molecule has 0 amide bonds. The maximum absolute atomic E-state index is 10.9. The summed E-state index contributed by atoms with van der Waals surface area (Å²) in [7, 11) is 0. The zero-order chi connectivity index (χ0) is 21.9. The summed E-state index contributed by atoms with van der Waals surface area (Å²) in [5.74, 6) is 0.147. The Labute approximate surface area is 185 Å². The molecule has 0 saturated heterocycles. The lowest BCUT2D eigenvalue weighted by Gasteiger charge is -2.33. The molecule has 0 aliphatic heterocycles. The normalized spacial score (nSPS) is 17.6. The monoisotopic (exact) mass is 425 g/mol. The predicted octanol–water partition coefficient (Wildman–Crippen LogP) is 5.02. The molecule has 0 spiro atoms. The van der Waals surface area contributed by atoms with E-state index >= 15 is 0 Å². The van der Waals surface area contributed by atoms with Crippen LogP contribution in [0.4, 0.5) is 0 Å². The molecule has 1 aliphatic carbocycles. The van der Waals surface area contributed by atoms with Crippen molar-refractivity contribution in [3.05, 3.63) is 84.4 Å². The Balaban J connectivity index is 1.21. The smallest absolute Gasteiger partial charge is 0.306 e. The maximum atomic E-state index is 10.9. The molecule has 160 valence electrons. The molecule has 0 unspecified atom stereocenters. The third-order valence-electron chi connectivity index (χ3n) is 5.96. The highest BCUT2D eigenvalue weighted by molar-refractivity contribution is 5.71. The molecular weight excluding hydrogens is 402 g/mol. The molecule has 1 aromatic heterocycles. The second kappa shape index (κ2) is 8.77. The van der Waals surface area contributed by atoms with Crippen molar-refractivity contribution in [3.8, 4) is 34.0 Å². The molecule has 0 radical (unpaired) electrons. The first kappa shape index (κ1) is 20.2. The van der Waals surface area contributed by atoms with E-state index in [1.165, 1.54) is 5.56 Å². The minimum atomic E-state index is -0.695. The number of aromatic nitrogens is 2. The van der Waals surface area contributed by atoms with Gasteiger partial charge in [-0.05, 0) is 41.7 Å². The van der Waals surface area contributed by atoms with Crippen molar-refractivity contribution in [1.82, 2.24) is 15.5 Å². The number of benzene rings is 3. The van der Waals surface area contributed by atoms with Gasteiger partial charge in [0.15, 0.2) is 0 Å². The maximum Gasteiger partial charge on any atom is 0.306 e. The van der Waals surface area contributed by atoms with Crippen molar-refractivity contribution in [2.75, 3.05) is 0 Å². The van der Waals surface area contributed by atoms with E-state index in [2.05, 4.69) is 39.7 Å². The van der Waals surface area contributed by atoms with E-state index in [-0.39, 0.29) is 12.0 Å². The van der Waals surface area contributed by atoms with Crippen LogP contribution >= 0.6 is 0 Å². The standard InChI is InChI=1S/C26H23N3O3/c30-26(31)22-14-23(15-22)27-16-17-6-8-20(9-7-17)24-28-25(32-29-24)21-12-10-19(11-13-21)18-4-2-1-3-5-18/h1-13,22-23,27H,14-16H2,(H,30,31). The summed E-state index contributed by atoms with van der Waals surface area (Å²) in [5, 5.41) is 16.5. The Bertz CT molecular complexity index is 1200. The van der Waals surface area contributed by atoms with Gasteiger partial charge < -0.3 is 14.9 Å². The minimum Gasteiger partial charge on any atom is -0.481 e. The number of hydrogen-bond donors (Lipinski definition) is 2. The number of hydrogen-bond acceptors (Lipinski definition) is 5. The molecule has 5 rings (SSSR count). The van der Waals surface area contributed by atoms with Gasteiger partial charge in [0.1, 0.15) is 0 Å². The van der Waals surface area contributed by atoms with Crippen molar-refractivity contribution < 1.29 is 14.4 Å². The SMILES string of the molecule is O=C(O)C1CC(NCc2ccc(-c3noc(-c4ccc(-c5ccccc5)cc4)n3)cc2)C1. The van der Waals surface area contributed by atoms with Gasteiger partial charge in [0.05, 0.1) is 5.92 Å². The first-order valence-corrected chi connectivity index (χ1v) is 10.7. The Morgan fingerprint density at radius 1 is 0.875 bits per heavy atom. The molecule has 4 aromatic rings. The molecule has 6 heteroatoms. The molecule has 2 N–H and O–H groups in total. The quantitative estimate of drug-likeness (QED) is 0.432. The largest absolute Gasteiger partial charge is 0.481 e. The van der Waals surface area contributed by atoms with Crippen molar-refractivity contribution in [1.29, 1.82) is 0 Å². The lowest BCUT2D eigenvalue weighted by Crippen LogP contribution is -2.43. The summed E-state index contributed by atoms with van der Waals surface area (Å²) in [6.45, 7) is 0.711. The van der Waals surface area contributed by atoms with Crippen LogP contribution in [0, 0.1) is 5.92 Å². The Morgan fingerprint density at radius 2 is 1.50 bits per heavy atom. The van der Waals surface area contributed by atoms with E-state index in [1.807, 2.05) is 54.6 Å². The molecule has 1 fully saturated rings. The fourth-order valence-corrected chi connectivity index (χ4v) is 3.91. The van der Waals surface area contributed by atoms with Crippen LogP contribution in [0.15, 0.2) is 83.4 Å². The zero-order valence-corrected chi connectivity index (χ0v) is 17.4. The Morgan fingerprint density at radius 3 is 2.19 bits per heavy atom. The summed E-state index contributed by atoms with van der Waals surface area (Å²) in [4.78, 5) is 15.4. The van der Waals surface area contributed by atoms with Gasteiger partial charge in [0.25, 0.3) is 5.89 Å². The zero-order valence-electron chi connectivity index (χ0n) is 17.4. The van der Waals surface area contributed by atoms with Gasteiger partial charge >= 0.3 is 5.97 Å². The number of rotatable bonds is 7. The first-order chi connectivity index (χ1) is 15.7. The summed E-state index contributed by atoms with van der Waals surface area (Å²) in [5.41, 5.74) is 5.20. The van der Waals surface area contributed by atoms with Crippen LogP contribution in [0.3, 0.4) is 0 Å². The van der Waals surface area contributed by atoms with Gasteiger partial charge in [0.2, 0.25) is 5.82 Å². The minimum absolute atomic E-state index is 0.197. The van der Waals surface area contributed by atoms with Crippen LogP contribution in [0.1, 0.15) is 18.4 Å². The van der Waals surface area contributed by atoms with Crippen LogP contribution in [-0.4, -0.2) is 27.3 Å². The van der Waals surface area contributed by atoms with Gasteiger partial charge in [0, 0.05) is 23.7 Å². The molecule has 32 heavy (non-hydrogen) atoms. The van der Waals surface area contributed by atoms with E-state index in [1.54, 1.807) is 0 Å². The highest BCUT2D eigenvalue weighted by atomic mass is 16.5. The summed E-state index contributed by atoms with van der Waals surface area (Å²) in [6.07, 6.45) is 1.40. The summed E-state index contributed by atoms with van der Waals surface area (Å²) >= 11 is 0. The molecular formula is C26H23N3O3. The van der Waals surface area contributed by atoms with E-state index in [0.717, 1.165) is 22.3 Å². The van der Waals surface area contributed by atoms with Gasteiger partial charge in [-0.15, -0.1) is 0 Å². The number of carboxylic acids is 1. The molecule has 3 aromatic carbocycles.